The van der Waals surface area contributed by atoms with E-state index in [1.165, 1.54) is 6.07 Å². The van der Waals surface area contributed by atoms with Gasteiger partial charge in [0.05, 0.1) is 4.92 Å². The third-order valence-electron chi connectivity index (χ3n) is 5.67. The third-order valence-corrected chi connectivity index (χ3v) is 5.67. The minimum Gasteiger partial charge on any atom is -0.362 e. The molecule has 2 fully saturated rings. The van der Waals surface area contributed by atoms with Crippen LogP contribution in [-0.2, 0) is 0 Å². The first-order valence-corrected chi connectivity index (χ1v) is 10.8. The minimum atomic E-state index is -0.404. The van der Waals surface area contributed by atoms with E-state index in [9.17, 15) is 14.9 Å². The fourth-order valence-electron chi connectivity index (χ4n) is 3.75. The number of carbonyl (C=O) groups excluding carboxylic acids is 1. The van der Waals surface area contributed by atoms with E-state index in [-0.39, 0.29) is 23.6 Å². The summed E-state index contributed by atoms with van der Waals surface area (Å²) in [6.45, 7) is 8.79. The van der Waals surface area contributed by atoms with Crippen LogP contribution in [0.15, 0.2) is 24.3 Å². The van der Waals surface area contributed by atoms with Gasteiger partial charge in [-0.05, 0) is 31.9 Å². The van der Waals surface area contributed by atoms with Gasteiger partial charge in [0.15, 0.2) is 0 Å². The second kappa shape index (κ2) is 8.49. The number of nitrogens with one attached hydrogen (secondary N) is 1. The molecule has 1 aromatic carbocycles. The van der Waals surface area contributed by atoms with Crippen molar-refractivity contribution in [1.82, 2.24) is 15.3 Å². The van der Waals surface area contributed by atoms with Crippen LogP contribution in [0.1, 0.15) is 54.5 Å². The minimum absolute atomic E-state index is 0.0307. The summed E-state index contributed by atoms with van der Waals surface area (Å²) in [5, 5.41) is 14.6. The van der Waals surface area contributed by atoms with E-state index in [0.29, 0.717) is 37.4 Å². The molecule has 1 aliphatic heterocycles. The number of amides is 1. The predicted molar refractivity (Wildman–Crippen MR) is 119 cm³/mol. The molecule has 0 spiro atoms. The number of rotatable bonds is 6. The van der Waals surface area contributed by atoms with E-state index in [0.717, 1.165) is 30.2 Å². The molecule has 2 heterocycles. The van der Waals surface area contributed by atoms with Crippen molar-refractivity contribution in [3.63, 3.8) is 0 Å². The fourth-order valence-corrected chi connectivity index (χ4v) is 3.75. The molecule has 1 saturated carbocycles. The summed E-state index contributed by atoms with van der Waals surface area (Å²) < 4.78 is 0. The van der Waals surface area contributed by atoms with E-state index in [4.69, 9.17) is 4.98 Å². The Balaban J connectivity index is 1.49. The summed E-state index contributed by atoms with van der Waals surface area (Å²) >= 11 is 0. The Morgan fingerprint density at radius 3 is 2.42 bits per heavy atom. The molecule has 2 aromatic rings. The van der Waals surface area contributed by atoms with Crippen LogP contribution in [0.3, 0.4) is 0 Å². The van der Waals surface area contributed by atoms with Crippen molar-refractivity contribution >= 4 is 23.1 Å². The second-order valence-electron chi connectivity index (χ2n) is 8.56. The summed E-state index contributed by atoms with van der Waals surface area (Å²) in [5.41, 5.74) is 1.79. The van der Waals surface area contributed by atoms with Gasteiger partial charge in [-0.1, -0.05) is 13.8 Å². The van der Waals surface area contributed by atoms with E-state index >= 15 is 0 Å². The number of hydrogen-bond donors (Lipinski definition) is 1. The maximum atomic E-state index is 12.3. The predicted octanol–water partition coefficient (Wildman–Crippen LogP) is 3.04. The molecule has 9 nitrogen and oxygen atoms in total. The number of piperazine rings is 1. The largest absolute Gasteiger partial charge is 0.362 e. The quantitative estimate of drug-likeness (QED) is 0.561. The summed E-state index contributed by atoms with van der Waals surface area (Å²) in [6.07, 6.45) is 1.95. The second-order valence-corrected chi connectivity index (χ2v) is 8.56. The van der Waals surface area contributed by atoms with Gasteiger partial charge < -0.3 is 15.1 Å². The number of anilines is 2. The average molecular weight is 425 g/mol. The van der Waals surface area contributed by atoms with Crippen LogP contribution < -0.4 is 15.1 Å². The molecule has 1 aliphatic carbocycles. The Bertz CT molecular complexity index is 997. The Morgan fingerprint density at radius 1 is 1.13 bits per heavy atom. The van der Waals surface area contributed by atoms with Crippen LogP contribution in [0, 0.1) is 17.0 Å². The molecule has 0 bridgehead atoms. The lowest BCUT2D eigenvalue weighted by Gasteiger charge is -2.36. The lowest BCUT2D eigenvalue weighted by molar-refractivity contribution is -0.384. The van der Waals surface area contributed by atoms with Crippen molar-refractivity contribution in [1.29, 1.82) is 0 Å². The number of nitro groups is 1. The van der Waals surface area contributed by atoms with Gasteiger partial charge in [0.1, 0.15) is 17.3 Å². The first-order chi connectivity index (χ1) is 14.8. The first-order valence-electron chi connectivity index (χ1n) is 10.8. The fraction of sp³-hybridized carbons (Fsp3) is 0.500. The Kier molecular flexibility index (Phi) is 5.75. The molecule has 164 valence electrons. The summed E-state index contributed by atoms with van der Waals surface area (Å²) in [7, 11) is 0. The third kappa shape index (κ3) is 4.76. The van der Waals surface area contributed by atoms with Crippen molar-refractivity contribution in [3.05, 3.63) is 51.5 Å². The van der Waals surface area contributed by atoms with E-state index in [1.54, 1.807) is 12.1 Å². The number of aryl methyl sites for hydroxylation is 1. The molecule has 4 rings (SSSR count). The zero-order chi connectivity index (χ0) is 22.1. The number of benzene rings is 1. The van der Waals surface area contributed by atoms with Gasteiger partial charge in [-0.3, -0.25) is 14.9 Å². The van der Waals surface area contributed by atoms with Gasteiger partial charge in [0.25, 0.3) is 11.6 Å². The number of nitrogens with zero attached hydrogens (tertiary/aromatic N) is 5. The highest BCUT2D eigenvalue weighted by Gasteiger charge is 2.28. The van der Waals surface area contributed by atoms with E-state index < -0.39 is 4.92 Å². The highest BCUT2D eigenvalue weighted by Crippen LogP contribution is 2.31. The maximum absolute atomic E-state index is 12.3. The first kappa shape index (κ1) is 21.0. The van der Waals surface area contributed by atoms with Crippen molar-refractivity contribution in [2.75, 3.05) is 36.0 Å². The molecule has 1 N–H and O–H groups in total. The molecule has 9 heteroatoms. The SMILES string of the molecule is Cc1cc(N2CCN(c3ccc(C(=O)NC4CC4)cc3[N+](=O)[O-])CC2)nc(C(C)C)n1. The van der Waals surface area contributed by atoms with Crippen molar-refractivity contribution < 1.29 is 9.72 Å². The number of hydrogen-bond acceptors (Lipinski definition) is 7. The lowest BCUT2D eigenvalue weighted by Crippen LogP contribution is -2.47. The molecule has 0 atom stereocenters. The lowest BCUT2D eigenvalue weighted by atomic mass is 10.1. The molecule has 2 aliphatic rings. The van der Waals surface area contributed by atoms with Gasteiger partial charge >= 0.3 is 0 Å². The van der Waals surface area contributed by atoms with Crippen LogP contribution in [0.25, 0.3) is 0 Å². The molecular formula is C22H28N6O3. The molecule has 1 amide bonds. The Morgan fingerprint density at radius 2 is 1.81 bits per heavy atom. The topological polar surface area (TPSA) is 104 Å². The highest BCUT2D eigenvalue weighted by molar-refractivity contribution is 5.96. The van der Waals surface area contributed by atoms with Crippen LogP contribution >= 0.6 is 0 Å². The summed E-state index contributed by atoms with van der Waals surface area (Å²) in [5.74, 6) is 1.73. The van der Waals surface area contributed by atoms with Crippen molar-refractivity contribution in [2.24, 2.45) is 0 Å². The number of aromatic nitrogens is 2. The van der Waals surface area contributed by atoms with E-state index in [2.05, 4.69) is 29.0 Å². The van der Waals surface area contributed by atoms with Crippen LogP contribution in [-0.4, -0.2) is 53.0 Å². The average Bonchev–Trinajstić information content (AvgIpc) is 3.57. The molecule has 1 aromatic heterocycles. The van der Waals surface area contributed by atoms with Gasteiger partial charge in [0, 0.05) is 61.5 Å². The summed E-state index contributed by atoms with van der Waals surface area (Å²) in [4.78, 5) is 37.0. The van der Waals surface area contributed by atoms with Crippen molar-refractivity contribution in [2.45, 2.75) is 45.6 Å². The Hall–Kier alpha value is -3.23. The smallest absolute Gasteiger partial charge is 0.293 e. The molecule has 31 heavy (non-hydrogen) atoms. The monoisotopic (exact) mass is 424 g/mol. The van der Waals surface area contributed by atoms with Crippen LogP contribution in [0.5, 0.6) is 0 Å². The molecule has 0 unspecified atom stereocenters. The standard InChI is InChI=1S/C22H28N6O3/c1-14(2)21-23-15(3)12-20(25-21)27-10-8-26(9-11-27)18-7-4-16(13-19(18)28(30)31)22(29)24-17-5-6-17/h4,7,12-14,17H,5-6,8-11H2,1-3H3,(H,24,29). The zero-order valence-corrected chi connectivity index (χ0v) is 18.2. The molecular weight excluding hydrogens is 396 g/mol. The zero-order valence-electron chi connectivity index (χ0n) is 18.2. The van der Waals surface area contributed by atoms with E-state index in [1.807, 2.05) is 17.9 Å². The van der Waals surface area contributed by atoms with Gasteiger partial charge in [-0.15, -0.1) is 0 Å². The van der Waals surface area contributed by atoms with Gasteiger partial charge in [-0.25, -0.2) is 9.97 Å². The van der Waals surface area contributed by atoms with Crippen LogP contribution in [0.2, 0.25) is 0 Å². The highest BCUT2D eigenvalue weighted by atomic mass is 16.6. The molecule has 1 saturated heterocycles. The van der Waals surface area contributed by atoms with Gasteiger partial charge in [0.2, 0.25) is 0 Å². The van der Waals surface area contributed by atoms with Gasteiger partial charge in [-0.2, -0.15) is 0 Å². The summed E-state index contributed by atoms with van der Waals surface area (Å²) in [6, 6.07) is 6.96. The Labute approximate surface area is 181 Å². The number of nitro benzene ring substituents is 1. The van der Waals surface area contributed by atoms with Crippen molar-refractivity contribution in [3.8, 4) is 0 Å². The van der Waals surface area contributed by atoms with Crippen LogP contribution in [0.4, 0.5) is 17.2 Å². The maximum Gasteiger partial charge on any atom is 0.293 e. The molecule has 0 radical (unpaired) electrons. The normalized spacial score (nSPS) is 16.5. The number of carbonyl (C=O) groups is 1.